The fourth-order valence-corrected chi connectivity index (χ4v) is 2.90. The summed E-state index contributed by atoms with van der Waals surface area (Å²) in [6, 6.07) is 0. The van der Waals surface area contributed by atoms with E-state index in [0.29, 0.717) is 18.9 Å². The molecule has 0 aromatic carbocycles. The van der Waals surface area contributed by atoms with Crippen LogP contribution in [-0.4, -0.2) is 40.5 Å². The number of carboxylic acid groups (broad SMARTS) is 1. The first-order valence-corrected chi connectivity index (χ1v) is 6.81. The molecule has 2 fully saturated rings. The normalized spacial score (nSPS) is 26.5. The van der Waals surface area contributed by atoms with E-state index in [2.05, 4.69) is 0 Å². The highest BCUT2D eigenvalue weighted by molar-refractivity contribution is 5.87. The molecule has 1 aliphatic carbocycles. The second-order valence-electron chi connectivity index (χ2n) is 5.70. The Balaban J connectivity index is 1.86. The Morgan fingerprint density at radius 1 is 1.33 bits per heavy atom. The van der Waals surface area contributed by atoms with Crippen molar-refractivity contribution in [2.45, 2.75) is 50.5 Å². The molecule has 0 radical (unpaired) electrons. The monoisotopic (exact) mass is 254 g/mol. The third-order valence-corrected chi connectivity index (χ3v) is 4.24. The van der Waals surface area contributed by atoms with Crippen LogP contribution in [0.1, 0.15) is 44.9 Å². The minimum absolute atomic E-state index is 0.0776. The second kappa shape index (κ2) is 5.26. The number of nitrogens with zero attached hydrogens (tertiary/aromatic N) is 1. The topological polar surface area (TPSA) is 83.6 Å². The van der Waals surface area contributed by atoms with Crippen LogP contribution in [0.4, 0.5) is 0 Å². The number of carbonyl (C=O) groups is 2. The molecule has 5 nitrogen and oxygen atoms in total. The van der Waals surface area contributed by atoms with Gasteiger partial charge in [0.2, 0.25) is 5.91 Å². The van der Waals surface area contributed by atoms with Gasteiger partial charge in [-0.1, -0.05) is 0 Å². The lowest BCUT2D eigenvalue weighted by Crippen LogP contribution is -2.60. The van der Waals surface area contributed by atoms with Gasteiger partial charge in [0.05, 0.1) is 5.54 Å². The number of nitrogens with two attached hydrogens (primary N) is 1. The van der Waals surface area contributed by atoms with Gasteiger partial charge >= 0.3 is 5.97 Å². The van der Waals surface area contributed by atoms with Gasteiger partial charge in [0.25, 0.3) is 0 Å². The first kappa shape index (κ1) is 13.3. The summed E-state index contributed by atoms with van der Waals surface area (Å²) < 4.78 is 0. The van der Waals surface area contributed by atoms with Crippen LogP contribution < -0.4 is 5.73 Å². The molecule has 5 heteroatoms. The van der Waals surface area contributed by atoms with Gasteiger partial charge in [0, 0.05) is 19.5 Å². The summed E-state index contributed by atoms with van der Waals surface area (Å²) in [5, 5.41) is 8.70. The Hall–Kier alpha value is -1.10. The molecule has 0 aromatic rings. The minimum atomic E-state index is -0.757. The highest BCUT2D eigenvalue weighted by atomic mass is 16.4. The summed E-state index contributed by atoms with van der Waals surface area (Å²) in [5.41, 5.74) is 5.44. The van der Waals surface area contributed by atoms with Crippen molar-refractivity contribution >= 4 is 11.9 Å². The molecule has 1 saturated carbocycles. The average molecular weight is 254 g/mol. The van der Waals surface area contributed by atoms with Gasteiger partial charge in [0.1, 0.15) is 0 Å². The van der Waals surface area contributed by atoms with E-state index in [0.717, 1.165) is 38.6 Å². The van der Waals surface area contributed by atoms with Crippen molar-refractivity contribution in [3.63, 3.8) is 0 Å². The van der Waals surface area contributed by atoms with E-state index in [1.54, 1.807) is 0 Å². The zero-order valence-corrected chi connectivity index (χ0v) is 10.7. The Morgan fingerprint density at radius 3 is 2.61 bits per heavy atom. The predicted molar refractivity (Wildman–Crippen MR) is 66.9 cm³/mol. The maximum Gasteiger partial charge on any atom is 0.303 e. The number of hydrogen-bond donors (Lipinski definition) is 2. The van der Waals surface area contributed by atoms with E-state index in [9.17, 15) is 9.59 Å². The molecule has 102 valence electrons. The van der Waals surface area contributed by atoms with Gasteiger partial charge < -0.3 is 15.7 Å². The van der Waals surface area contributed by atoms with Gasteiger partial charge in [-0.05, 0) is 44.4 Å². The summed E-state index contributed by atoms with van der Waals surface area (Å²) in [6.07, 6.45) is 5.47. The Kier molecular flexibility index (Phi) is 3.90. The molecule has 1 unspecified atom stereocenters. The van der Waals surface area contributed by atoms with E-state index in [1.807, 2.05) is 4.90 Å². The number of likely N-dealkylation sites (tertiary alicyclic amines) is 1. The molecule has 1 atom stereocenters. The maximum absolute atomic E-state index is 12.3. The smallest absolute Gasteiger partial charge is 0.303 e. The molecule has 1 amide bonds. The number of aliphatic carboxylic acids is 1. The Bertz CT molecular complexity index is 339. The highest BCUT2D eigenvalue weighted by Gasteiger charge is 2.43. The largest absolute Gasteiger partial charge is 0.481 e. The van der Waals surface area contributed by atoms with Crippen molar-refractivity contribution in [3.05, 3.63) is 0 Å². The standard InChI is InChI=1S/C13H22N2O3/c14-13(6-2-7-13)12(18)15-8-1-3-10(9-15)4-5-11(16)17/h10H,1-9,14H2,(H,16,17). The number of carbonyl (C=O) groups excluding carboxylic acids is 1. The predicted octanol–water partition coefficient (Wildman–Crippen LogP) is 0.971. The van der Waals surface area contributed by atoms with Gasteiger partial charge in [-0.2, -0.15) is 0 Å². The Labute approximate surface area is 107 Å². The fourth-order valence-electron chi connectivity index (χ4n) is 2.90. The Morgan fingerprint density at radius 2 is 2.06 bits per heavy atom. The molecular weight excluding hydrogens is 232 g/mol. The van der Waals surface area contributed by atoms with Crippen LogP contribution in [0.5, 0.6) is 0 Å². The molecule has 3 N–H and O–H groups in total. The van der Waals surface area contributed by atoms with Crippen molar-refractivity contribution < 1.29 is 14.7 Å². The van der Waals surface area contributed by atoms with E-state index in [-0.39, 0.29) is 12.3 Å². The lowest BCUT2D eigenvalue weighted by atomic mass is 9.76. The van der Waals surface area contributed by atoms with Crippen LogP contribution >= 0.6 is 0 Å². The molecule has 1 saturated heterocycles. The van der Waals surface area contributed by atoms with Gasteiger partial charge in [0.15, 0.2) is 0 Å². The van der Waals surface area contributed by atoms with Crippen LogP contribution in [0, 0.1) is 5.92 Å². The molecule has 18 heavy (non-hydrogen) atoms. The number of hydrogen-bond acceptors (Lipinski definition) is 3. The molecule has 0 spiro atoms. The van der Waals surface area contributed by atoms with E-state index in [4.69, 9.17) is 10.8 Å². The van der Waals surface area contributed by atoms with Crippen LogP contribution in [0.2, 0.25) is 0 Å². The third-order valence-electron chi connectivity index (χ3n) is 4.24. The van der Waals surface area contributed by atoms with Crippen molar-refractivity contribution in [1.29, 1.82) is 0 Å². The molecule has 0 aromatic heterocycles. The summed E-state index contributed by atoms with van der Waals surface area (Å²) >= 11 is 0. The van der Waals surface area contributed by atoms with Crippen molar-refractivity contribution in [2.75, 3.05) is 13.1 Å². The summed E-state index contributed by atoms with van der Waals surface area (Å²) in [7, 11) is 0. The molecule has 1 aliphatic heterocycles. The lowest BCUT2D eigenvalue weighted by Gasteiger charge is -2.43. The SMILES string of the molecule is NC1(C(=O)N2CCCC(CCC(=O)O)C2)CCC1. The summed E-state index contributed by atoms with van der Waals surface area (Å²) in [4.78, 5) is 24.7. The first-order chi connectivity index (χ1) is 8.51. The van der Waals surface area contributed by atoms with E-state index in [1.165, 1.54) is 0 Å². The fraction of sp³-hybridized carbons (Fsp3) is 0.846. The molecule has 1 heterocycles. The van der Waals surface area contributed by atoms with E-state index < -0.39 is 11.5 Å². The van der Waals surface area contributed by atoms with Gasteiger partial charge in [-0.3, -0.25) is 9.59 Å². The lowest BCUT2D eigenvalue weighted by molar-refractivity contribution is -0.142. The molecule has 2 aliphatic rings. The highest BCUT2D eigenvalue weighted by Crippen LogP contribution is 2.32. The second-order valence-corrected chi connectivity index (χ2v) is 5.70. The van der Waals surface area contributed by atoms with Crippen molar-refractivity contribution in [3.8, 4) is 0 Å². The molecule has 0 bridgehead atoms. The van der Waals surface area contributed by atoms with Crippen LogP contribution in [0.15, 0.2) is 0 Å². The quantitative estimate of drug-likeness (QED) is 0.783. The minimum Gasteiger partial charge on any atom is -0.481 e. The zero-order chi connectivity index (χ0) is 13.2. The van der Waals surface area contributed by atoms with Crippen LogP contribution in [-0.2, 0) is 9.59 Å². The van der Waals surface area contributed by atoms with Crippen molar-refractivity contribution in [2.24, 2.45) is 11.7 Å². The van der Waals surface area contributed by atoms with E-state index >= 15 is 0 Å². The number of rotatable bonds is 4. The number of piperidine rings is 1. The van der Waals surface area contributed by atoms with Crippen molar-refractivity contribution in [1.82, 2.24) is 4.90 Å². The summed E-state index contributed by atoms with van der Waals surface area (Å²) in [6.45, 7) is 1.46. The summed E-state index contributed by atoms with van der Waals surface area (Å²) in [5.74, 6) is -0.357. The van der Waals surface area contributed by atoms with Gasteiger partial charge in [-0.15, -0.1) is 0 Å². The number of carboxylic acids is 1. The molecular formula is C13H22N2O3. The maximum atomic E-state index is 12.3. The zero-order valence-electron chi connectivity index (χ0n) is 10.7. The molecule has 2 rings (SSSR count). The number of amides is 1. The van der Waals surface area contributed by atoms with Crippen LogP contribution in [0.25, 0.3) is 0 Å². The third kappa shape index (κ3) is 2.83. The van der Waals surface area contributed by atoms with Crippen LogP contribution in [0.3, 0.4) is 0 Å². The first-order valence-electron chi connectivity index (χ1n) is 6.81. The average Bonchev–Trinajstić information content (AvgIpc) is 2.33. The van der Waals surface area contributed by atoms with Gasteiger partial charge in [-0.25, -0.2) is 0 Å².